The van der Waals surface area contributed by atoms with Crippen molar-refractivity contribution in [1.82, 2.24) is 14.8 Å². The summed E-state index contributed by atoms with van der Waals surface area (Å²) >= 11 is 0. The van der Waals surface area contributed by atoms with E-state index in [9.17, 15) is 14.0 Å². The van der Waals surface area contributed by atoms with Crippen molar-refractivity contribution >= 4 is 17.6 Å². The molecule has 0 radical (unpaired) electrons. The van der Waals surface area contributed by atoms with Gasteiger partial charge in [-0.2, -0.15) is 0 Å². The first-order chi connectivity index (χ1) is 15.3. The molecule has 3 heterocycles. The quantitative estimate of drug-likeness (QED) is 0.789. The summed E-state index contributed by atoms with van der Waals surface area (Å²) in [7, 11) is 0. The highest BCUT2D eigenvalue weighted by Crippen LogP contribution is 2.32. The number of hydrogen-bond donors (Lipinski definition) is 1. The number of nitrogen functional groups attached to an aromatic ring is 1. The first-order valence-corrected chi connectivity index (χ1v) is 11.4. The topological polar surface area (TPSA) is 79.5 Å². The van der Waals surface area contributed by atoms with Crippen LogP contribution in [0.3, 0.4) is 0 Å². The fourth-order valence-electron chi connectivity index (χ4n) is 4.76. The highest BCUT2D eigenvalue weighted by molar-refractivity contribution is 5.98. The van der Waals surface area contributed by atoms with Crippen molar-refractivity contribution < 1.29 is 14.0 Å². The third kappa shape index (κ3) is 4.33. The molecule has 2 aliphatic heterocycles. The summed E-state index contributed by atoms with van der Waals surface area (Å²) in [6.45, 7) is 6.46. The second-order valence-corrected chi connectivity index (χ2v) is 9.37. The van der Waals surface area contributed by atoms with Crippen molar-refractivity contribution in [2.75, 3.05) is 31.9 Å². The molecule has 1 aromatic heterocycles. The van der Waals surface area contributed by atoms with E-state index >= 15 is 0 Å². The summed E-state index contributed by atoms with van der Waals surface area (Å²) in [5, 5.41) is 0. The molecular weight excluding hydrogens is 407 g/mol. The number of carbonyl (C=O) groups is 2. The molecule has 0 unspecified atom stereocenters. The number of anilines is 1. The van der Waals surface area contributed by atoms with Gasteiger partial charge >= 0.3 is 0 Å². The molecule has 6 nitrogen and oxygen atoms in total. The van der Waals surface area contributed by atoms with E-state index in [2.05, 4.69) is 4.98 Å². The fourth-order valence-corrected chi connectivity index (χ4v) is 4.76. The van der Waals surface area contributed by atoms with Gasteiger partial charge in [0.25, 0.3) is 5.91 Å². The number of pyridine rings is 1. The first kappa shape index (κ1) is 22.2. The van der Waals surface area contributed by atoms with Crippen molar-refractivity contribution in [2.24, 2.45) is 0 Å². The van der Waals surface area contributed by atoms with Crippen LogP contribution in [0.15, 0.2) is 36.4 Å². The molecule has 0 spiro atoms. The van der Waals surface area contributed by atoms with Crippen LogP contribution in [0.4, 0.5) is 10.2 Å². The van der Waals surface area contributed by atoms with E-state index in [-0.39, 0.29) is 29.4 Å². The van der Waals surface area contributed by atoms with Crippen molar-refractivity contribution in [2.45, 2.75) is 50.9 Å². The van der Waals surface area contributed by atoms with E-state index in [4.69, 9.17) is 5.73 Å². The van der Waals surface area contributed by atoms with E-state index in [1.165, 1.54) is 12.1 Å². The van der Waals surface area contributed by atoms with Crippen LogP contribution in [0, 0.1) is 5.82 Å². The van der Waals surface area contributed by atoms with Gasteiger partial charge in [0.05, 0.1) is 11.0 Å². The molecule has 2 aromatic rings. The summed E-state index contributed by atoms with van der Waals surface area (Å²) in [6.07, 6.45) is 3.61. The molecule has 7 heteroatoms. The van der Waals surface area contributed by atoms with Gasteiger partial charge in [-0.15, -0.1) is 0 Å². The van der Waals surface area contributed by atoms with Crippen molar-refractivity contribution in [3.8, 4) is 0 Å². The zero-order valence-corrected chi connectivity index (χ0v) is 18.8. The molecule has 2 aliphatic rings. The van der Waals surface area contributed by atoms with Gasteiger partial charge < -0.3 is 15.5 Å². The SMILES string of the molecule is CC(C)(C(=O)N1CCC(c2ccc(C(=O)N3CCCC3)c(N)n2)CC1)c1cccc(F)c1. The van der Waals surface area contributed by atoms with Gasteiger partial charge in [-0.1, -0.05) is 12.1 Å². The molecule has 0 bridgehead atoms. The number of nitrogens with zero attached hydrogens (tertiary/aromatic N) is 3. The number of aromatic nitrogens is 1. The Balaban J connectivity index is 1.40. The predicted molar refractivity (Wildman–Crippen MR) is 122 cm³/mol. The van der Waals surface area contributed by atoms with Crippen LogP contribution >= 0.6 is 0 Å². The molecule has 2 amide bonds. The zero-order chi connectivity index (χ0) is 22.9. The standard InChI is InChI=1S/C25H31FN4O2/c1-25(2,18-6-5-7-19(26)16-18)24(32)30-14-10-17(11-15-30)21-9-8-20(22(27)28-21)23(31)29-12-3-4-13-29/h5-9,16-17H,3-4,10-15H2,1-2H3,(H2,27,28). The number of likely N-dealkylation sites (tertiary alicyclic amines) is 2. The fraction of sp³-hybridized carbons (Fsp3) is 0.480. The molecule has 32 heavy (non-hydrogen) atoms. The normalized spacial score (nSPS) is 17.6. The van der Waals surface area contributed by atoms with E-state index in [0.717, 1.165) is 44.5 Å². The lowest BCUT2D eigenvalue weighted by Gasteiger charge is -2.37. The van der Waals surface area contributed by atoms with Crippen LogP contribution in [0.5, 0.6) is 0 Å². The smallest absolute Gasteiger partial charge is 0.257 e. The number of hydrogen-bond acceptors (Lipinski definition) is 4. The lowest BCUT2D eigenvalue weighted by atomic mass is 9.82. The summed E-state index contributed by atoms with van der Waals surface area (Å²) in [5.74, 6) is 0.0942. The second-order valence-electron chi connectivity index (χ2n) is 9.37. The summed E-state index contributed by atoms with van der Waals surface area (Å²) in [6, 6.07) is 9.95. The number of amides is 2. The maximum atomic E-state index is 13.7. The lowest BCUT2D eigenvalue weighted by molar-refractivity contribution is -0.137. The Bertz CT molecular complexity index is 1010. The summed E-state index contributed by atoms with van der Waals surface area (Å²) in [4.78, 5) is 34.1. The number of nitrogens with two attached hydrogens (primary N) is 1. The molecule has 2 saturated heterocycles. The van der Waals surface area contributed by atoms with E-state index in [0.29, 0.717) is 24.2 Å². The van der Waals surface area contributed by atoms with Crippen LogP contribution in [-0.4, -0.2) is 52.8 Å². The predicted octanol–water partition coefficient (Wildman–Crippen LogP) is 3.72. The van der Waals surface area contributed by atoms with E-state index in [1.807, 2.05) is 29.7 Å². The summed E-state index contributed by atoms with van der Waals surface area (Å²) in [5.41, 5.74) is 7.38. The molecule has 0 aliphatic carbocycles. The maximum Gasteiger partial charge on any atom is 0.257 e. The van der Waals surface area contributed by atoms with Gasteiger partial charge in [-0.25, -0.2) is 9.37 Å². The lowest BCUT2D eigenvalue weighted by Crippen LogP contribution is -2.46. The third-order valence-corrected chi connectivity index (χ3v) is 6.85. The average Bonchev–Trinajstić information content (AvgIpc) is 3.33. The Morgan fingerprint density at radius 3 is 2.34 bits per heavy atom. The van der Waals surface area contributed by atoms with Crippen LogP contribution in [0.1, 0.15) is 67.1 Å². The molecule has 4 rings (SSSR count). The third-order valence-electron chi connectivity index (χ3n) is 6.85. The van der Waals surface area contributed by atoms with Gasteiger partial charge in [0.15, 0.2) is 0 Å². The van der Waals surface area contributed by atoms with Crippen molar-refractivity contribution in [3.05, 3.63) is 59.0 Å². The summed E-state index contributed by atoms with van der Waals surface area (Å²) < 4.78 is 13.7. The van der Waals surface area contributed by atoms with Gasteiger partial charge in [-0.05, 0) is 69.4 Å². The zero-order valence-electron chi connectivity index (χ0n) is 18.8. The number of halogens is 1. The Labute approximate surface area is 188 Å². The van der Waals surface area contributed by atoms with Crippen molar-refractivity contribution in [3.63, 3.8) is 0 Å². The number of rotatable bonds is 4. The Hall–Kier alpha value is -2.96. The highest BCUT2D eigenvalue weighted by atomic mass is 19.1. The van der Waals surface area contributed by atoms with Crippen LogP contribution in [0.25, 0.3) is 0 Å². The van der Waals surface area contributed by atoms with Crippen LogP contribution in [-0.2, 0) is 10.2 Å². The molecule has 0 atom stereocenters. The minimum absolute atomic E-state index is 0.000538. The molecular formula is C25H31FN4O2. The van der Waals surface area contributed by atoms with Gasteiger partial charge in [0.1, 0.15) is 11.6 Å². The molecule has 170 valence electrons. The maximum absolute atomic E-state index is 13.7. The minimum Gasteiger partial charge on any atom is -0.383 e. The van der Waals surface area contributed by atoms with Gasteiger partial charge in [-0.3, -0.25) is 9.59 Å². The Morgan fingerprint density at radius 1 is 1.03 bits per heavy atom. The van der Waals surface area contributed by atoms with Crippen LogP contribution < -0.4 is 5.73 Å². The molecule has 0 saturated carbocycles. The average molecular weight is 439 g/mol. The van der Waals surface area contributed by atoms with Gasteiger partial charge in [0.2, 0.25) is 5.91 Å². The molecule has 2 fully saturated rings. The van der Waals surface area contributed by atoms with Crippen LogP contribution in [0.2, 0.25) is 0 Å². The highest BCUT2D eigenvalue weighted by Gasteiger charge is 2.36. The van der Waals surface area contributed by atoms with Gasteiger partial charge in [0, 0.05) is 37.8 Å². The number of benzene rings is 1. The largest absolute Gasteiger partial charge is 0.383 e. The van der Waals surface area contributed by atoms with Crippen molar-refractivity contribution in [1.29, 1.82) is 0 Å². The molecule has 2 N–H and O–H groups in total. The minimum atomic E-state index is -0.796. The number of carbonyl (C=O) groups excluding carboxylic acids is 2. The Kier molecular flexibility index (Phi) is 6.17. The molecule has 1 aromatic carbocycles. The van der Waals surface area contributed by atoms with E-state index < -0.39 is 5.41 Å². The monoisotopic (exact) mass is 438 g/mol. The number of piperidine rings is 1. The second kappa shape index (κ2) is 8.88. The van der Waals surface area contributed by atoms with E-state index in [1.54, 1.807) is 18.2 Å². The first-order valence-electron chi connectivity index (χ1n) is 11.4. The Morgan fingerprint density at radius 2 is 1.72 bits per heavy atom.